The lowest BCUT2D eigenvalue weighted by Crippen LogP contribution is -2.59. The van der Waals surface area contributed by atoms with E-state index >= 15 is 0 Å². The van der Waals surface area contributed by atoms with Crippen molar-refractivity contribution in [1.82, 2.24) is 4.90 Å². The number of hydrogen-bond donors (Lipinski definition) is 1. The van der Waals surface area contributed by atoms with E-state index in [2.05, 4.69) is 18.7 Å². The van der Waals surface area contributed by atoms with Crippen LogP contribution in [0.25, 0.3) is 0 Å². The summed E-state index contributed by atoms with van der Waals surface area (Å²) in [7, 11) is 0. The van der Waals surface area contributed by atoms with Crippen molar-refractivity contribution in [2.75, 3.05) is 13.1 Å². The van der Waals surface area contributed by atoms with Gasteiger partial charge in [0.15, 0.2) is 0 Å². The van der Waals surface area contributed by atoms with E-state index in [4.69, 9.17) is 5.73 Å². The Balaban J connectivity index is 2.06. The van der Waals surface area contributed by atoms with Gasteiger partial charge in [0.1, 0.15) is 0 Å². The van der Waals surface area contributed by atoms with E-state index in [0.29, 0.717) is 5.54 Å². The summed E-state index contributed by atoms with van der Waals surface area (Å²) in [5.74, 6) is 0.874. The summed E-state index contributed by atoms with van der Waals surface area (Å²) in [6, 6.07) is 0.763. The van der Waals surface area contributed by atoms with Gasteiger partial charge in [-0.25, -0.2) is 0 Å². The van der Waals surface area contributed by atoms with Crippen molar-refractivity contribution in [1.29, 1.82) is 0 Å². The van der Waals surface area contributed by atoms with Gasteiger partial charge in [-0.15, -0.1) is 0 Å². The maximum absolute atomic E-state index is 5.91. The number of nitrogens with two attached hydrogens (primary N) is 1. The van der Waals surface area contributed by atoms with Crippen LogP contribution in [0.3, 0.4) is 0 Å². The van der Waals surface area contributed by atoms with Gasteiger partial charge in [-0.05, 0) is 38.5 Å². The monoisotopic (exact) mass is 182 g/mol. The summed E-state index contributed by atoms with van der Waals surface area (Å²) in [5, 5.41) is 0. The second-order valence-electron chi connectivity index (χ2n) is 5.12. The highest BCUT2D eigenvalue weighted by Crippen LogP contribution is 2.41. The fourth-order valence-corrected chi connectivity index (χ4v) is 3.15. The molecule has 1 saturated carbocycles. The molecule has 1 aliphatic heterocycles. The van der Waals surface area contributed by atoms with Crippen LogP contribution in [0.15, 0.2) is 0 Å². The molecule has 0 aromatic carbocycles. The molecule has 2 unspecified atom stereocenters. The number of nitrogens with zero attached hydrogens (tertiary/aromatic N) is 1. The van der Waals surface area contributed by atoms with E-state index in [9.17, 15) is 0 Å². The molecule has 1 heterocycles. The van der Waals surface area contributed by atoms with Crippen molar-refractivity contribution < 1.29 is 0 Å². The SMILES string of the molecule is CC1CC(C)N(C2(CN)CCC2)C1. The molecule has 0 amide bonds. The Morgan fingerprint density at radius 2 is 2.08 bits per heavy atom. The molecular weight excluding hydrogens is 160 g/mol. The van der Waals surface area contributed by atoms with Gasteiger partial charge in [-0.2, -0.15) is 0 Å². The Morgan fingerprint density at radius 1 is 1.38 bits per heavy atom. The predicted octanol–water partition coefficient (Wildman–Crippen LogP) is 1.60. The van der Waals surface area contributed by atoms with Crippen LogP contribution in [0, 0.1) is 5.92 Å². The van der Waals surface area contributed by atoms with Gasteiger partial charge in [-0.3, -0.25) is 4.90 Å². The van der Waals surface area contributed by atoms with E-state index in [1.807, 2.05) is 0 Å². The van der Waals surface area contributed by atoms with Crippen LogP contribution in [0.5, 0.6) is 0 Å². The smallest absolute Gasteiger partial charge is 0.0334 e. The minimum absolute atomic E-state index is 0.407. The highest BCUT2D eigenvalue weighted by molar-refractivity contribution is 5.03. The minimum atomic E-state index is 0.407. The minimum Gasteiger partial charge on any atom is -0.329 e. The maximum Gasteiger partial charge on any atom is 0.0334 e. The summed E-state index contributed by atoms with van der Waals surface area (Å²) in [6.07, 6.45) is 5.41. The Morgan fingerprint density at radius 3 is 2.38 bits per heavy atom. The van der Waals surface area contributed by atoms with Crippen LogP contribution in [0.2, 0.25) is 0 Å². The second kappa shape index (κ2) is 3.25. The van der Waals surface area contributed by atoms with Gasteiger partial charge in [0.25, 0.3) is 0 Å². The Hall–Kier alpha value is -0.0800. The zero-order valence-electron chi connectivity index (χ0n) is 8.92. The van der Waals surface area contributed by atoms with Crippen molar-refractivity contribution in [3.63, 3.8) is 0 Å². The molecule has 0 spiro atoms. The lowest BCUT2D eigenvalue weighted by molar-refractivity contribution is 0.0164. The summed E-state index contributed by atoms with van der Waals surface area (Å²) in [6.45, 7) is 6.86. The third-order valence-electron chi connectivity index (χ3n) is 4.06. The first kappa shape index (κ1) is 9.47. The van der Waals surface area contributed by atoms with Gasteiger partial charge in [0, 0.05) is 24.7 Å². The molecule has 2 nitrogen and oxygen atoms in total. The zero-order valence-corrected chi connectivity index (χ0v) is 8.92. The maximum atomic E-state index is 5.91. The number of rotatable bonds is 2. The first-order valence-corrected chi connectivity index (χ1v) is 5.65. The molecule has 2 fully saturated rings. The lowest BCUT2D eigenvalue weighted by atomic mass is 9.75. The van der Waals surface area contributed by atoms with Gasteiger partial charge >= 0.3 is 0 Å². The summed E-state index contributed by atoms with van der Waals surface area (Å²) >= 11 is 0. The summed E-state index contributed by atoms with van der Waals surface area (Å²) in [5.41, 5.74) is 6.32. The summed E-state index contributed by atoms with van der Waals surface area (Å²) in [4.78, 5) is 2.68. The van der Waals surface area contributed by atoms with E-state index in [1.165, 1.54) is 32.2 Å². The van der Waals surface area contributed by atoms with Gasteiger partial charge in [0.2, 0.25) is 0 Å². The normalized spacial score (nSPS) is 39.0. The number of likely N-dealkylation sites (tertiary alicyclic amines) is 1. The van der Waals surface area contributed by atoms with Crippen LogP contribution in [-0.4, -0.2) is 29.6 Å². The van der Waals surface area contributed by atoms with Crippen molar-refractivity contribution in [3.05, 3.63) is 0 Å². The molecule has 2 atom stereocenters. The molecule has 0 radical (unpaired) electrons. The molecule has 76 valence electrons. The molecule has 2 N–H and O–H groups in total. The topological polar surface area (TPSA) is 29.3 Å². The van der Waals surface area contributed by atoms with Crippen molar-refractivity contribution in [3.8, 4) is 0 Å². The number of hydrogen-bond acceptors (Lipinski definition) is 2. The molecular formula is C11H22N2. The first-order valence-electron chi connectivity index (χ1n) is 5.65. The molecule has 2 aliphatic rings. The predicted molar refractivity (Wildman–Crippen MR) is 55.6 cm³/mol. The fraction of sp³-hybridized carbons (Fsp3) is 1.00. The molecule has 13 heavy (non-hydrogen) atoms. The third kappa shape index (κ3) is 1.40. The Labute approximate surface area is 81.5 Å². The molecule has 2 rings (SSSR count). The first-order chi connectivity index (χ1) is 6.18. The quantitative estimate of drug-likeness (QED) is 0.703. The zero-order chi connectivity index (χ0) is 9.47. The van der Waals surface area contributed by atoms with Crippen LogP contribution < -0.4 is 5.73 Å². The Kier molecular flexibility index (Phi) is 2.37. The van der Waals surface area contributed by atoms with E-state index < -0.39 is 0 Å². The highest BCUT2D eigenvalue weighted by atomic mass is 15.3. The lowest BCUT2D eigenvalue weighted by Gasteiger charge is -2.50. The van der Waals surface area contributed by atoms with E-state index in [0.717, 1.165) is 18.5 Å². The average Bonchev–Trinajstić information content (AvgIpc) is 2.30. The van der Waals surface area contributed by atoms with Gasteiger partial charge in [-0.1, -0.05) is 6.92 Å². The van der Waals surface area contributed by atoms with Crippen LogP contribution in [0.4, 0.5) is 0 Å². The average molecular weight is 182 g/mol. The third-order valence-corrected chi connectivity index (χ3v) is 4.06. The van der Waals surface area contributed by atoms with Gasteiger partial charge in [0.05, 0.1) is 0 Å². The molecule has 0 aromatic rings. The van der Waals surface area contributed by atoms with Crippen LogP contribution in [-0.2, 0) is 0 Å². The Bertz CT molecular complexity index is 181. The molecule has 0 bridgehead atoms. The fourth-order valence-electron chi connectivity index (χ4n) is 3.15. The molecule has 2 heteroatoms. The molecule has 1 aliphatic carbocycles. The van der Waals surface area contributed by atoms with E-state index in [-0.39, 0.29) is 0 Å². The van der Waals surface area contributed by atoms with Crippen molar-refractivity contribution in [2.24, 2.45) is 11.7 Å². The summed E-state index contributed by atoms with van der Waals surface area (Å²) < 4.78 is 0. The molecule has 0 aromatic heterocycles. The second-order valence-corrected chi connectivity index (χ2v) is 5.12. The highest BCUT2D eigenvalue weighted by Gasteiger charge is 2.45. The van der Waals surface area contributed by atoms with E-state index in [1.54, 1.807) is 0 Å². The van der Waals surface area contributed by atoms with Crippen LogP contribution in [0.1, 0.15) is 39.5 Å². The van der Waals surface area contributed by atoms with Crippen molar-refractivity contribution in [2.45, 2.75) is 51.1 Å². The van der Waals surface area contributed by atoms with Crippen LogP contribution >= 0.6 is 0 Å². The van der Waals surface area contributed by atoms with Crippen molar-refractivity contribution >= 4 is 0 Å². The molecule has 1 saturated heterocycles. The largest absolute Gasteiger partial charge is 0.329 e. The standard InChI is InChI=1S/C11H22N2/c1-9-6-10(2)13(7-9)11(8-12)4-3-5-11/h9-10H,3-8,12H2,1-2H3. The van der Waals surface area contributed by atoms with Gasteiger partial charge < -0.3 is 5.73 Å².